The first-order chi connectivity index (χ1) is 9.43. The van der Waals surface area contributed by atoms with Gasteiger partial charge in [-0.25, -0.2) is 12.8 Å². The van der Waals surface area contributed by atoms with Gasteiger partial charge in [0.1, 0.15) is 10.7 Å². The van der Waals surface area contributed by atoms with Crippen LogP contribution in [0.1, 0.15) is 5.56 Å². The van der Waals surface area contributed by atoms with Crippen LogP contribution in [0.2, 0.25) is 0 Å². The summed E-state index contributed by atoms with van der Waals surface area (Å²) in [6.45, 7) is 0.150. The Morgan fingerprint density at radius 2 is 1.75 bits per heavy atom. The Kier molecular flexibility index (Phi) is 4.06. The molecule has 106 valence electrons. The van der Waals surface area contributed by atoms with Crippen molar-refractivity contribution in [3.63, 3.8) is 0 Å². The van der Waals surface area contributed by atoms with Crippen LogP contribution in [0.15, 0.2) is 53.4 Å². The number of sulfonamides is 1. The Labute approximate surface area is 117 Å². The molecule has 0 spiro atoms. The number of nitrogen functional groups attached to an aromatic ring is 1. The third kappa shape index (κ3) is 2.81. The minimum Gasteiger partial charge on any atom is -0.398 e. The maximum atomic E-state index is 13.8. The van der Waals surface area contributed by atoms with Crippen molar-refractivity contribution in [1.29, 1.82) is 0 Å². The first kappa shape index (κ1) is 14.5. The third-order valence-electron chi connectivity index (χ3n) is 2.91. The molecule has 0 aliphatic carbocycles. The molecule has 0 saturated heterocycles. The van der Waals surface area contributed by atoms with E-state index in [2.05, 4.69) is 0 Å². The number of rotatable bonds is 4. The van der Waals surface area contributed by atoms with Crippen LogP contribution in [0.4, 0.5) is 10.1 Å². The molecule has 0 atom stereocenters. The predicted octanol–water partition coefficient (Wildman–Crippen LogP) is 2.23. The average Bonchev–Trinajstić information content (AvgIpc) is 2.39. The lowest BCUT2D eigenvalue weighted by Gasteiger charge is -2.18. The van der Waals surface area contributed by atoms with Crippen molar-refractivity contribution in [2.24, 2.45) is 0 Å². The lowest BCUT2D eigenvalue weighted by molar-refractivity contribution is 0.460. The van der Waals surface area contributed by atoms with Crippen LogP contribution in [0.5, 0.6) is 0 Å². The summed E-state index contributed by atoms with van der Waals surface area (Å²) in [4.78, 5) is -0.474. The van der Waals surface area contributed by atoms with E-state index in [0.29, 0.717) is 0 Å². The Hall–Kier alpha value is -1.92. The number of hydrogen-bond donors (Lipinski definition) is 1. The van der Waals surface area contributed by atoms with Gasteiger partial charge in [0.25, 0.3) is 0 Å². The highest BCUT2D eigenvalue weighted by Crippen LogP contribution is 2.25. The molecule has 0 aliphatic heterocycles. The molecule has 2 rings (SSSR count). The zero-order valence-corrected chi connectivity index (χ0v) is 11.8. The fourth-order valence-electron chi connectivity index (χ4n) is 1.88. The van der Waals surface area contributed by atoms with E-state index in [1.54, 1.807) is 12.1 Å². The molecular weight excluding hydrogens is 279 g/mol. The van der Waals surface area contributed by atoms with E-state index < -0.39 is 20.7 Å². The van der Waals surface area contributed by atoms with Gasteiger partial charge in [-0.05, 0) is 17.7 Å². The molecule has 0 amide bonds. The van der Waals surface area contributed by atoms with Crippen molar-refractivity contribution in [3.8, 4) is 0 Å². The molecule has 2 N–H and O–H groups in total. The lowest BCUT2D eigenvalue weighted by atomic mass is 10.2. The Balaban J connectivity index is 2.35. The first-order valence-corrected chi connectivity index (χ1v) is 7.41. The third-order valence-corrected chi connectivity index (χ3v) is 4.81. The highest BCUT2D eigenvalue weighted by molar-refractivity contribution is 7.89. The van der Waals surface area contributed by atoms with Gasteiger partial charge in [-0.1, -0.05) is 36.4 Å². The van der Waals surface area contributed by atoms with Crippen LogP contribution in [0.25, 0.3) is 0 Å². The molecule has 0 saturated carbocycles. The quantitative estimate of drug-likeness (QED) is 0.880. The molecule has 0 unspecified atom stereocenters. The Morgan fingerprint density at radius 1 is 1.10 bits per heavy atom. The number of benzene rings is 2. The van der Waals surface area contributed by atoms with Crippen molar-refractivity contribution in [1.82, 2.24) is 4.31 Å². The molecule has 20 heavy (non-hydrogen) atoms. The smallest absolute Gasteiger partial charge is 0.248 e. The van der Waals surface area contributed by atoms with Crippen LogP contribution in [-0.2, 0) is 16.6 Å². The van der Waals surface area contributed by atoms with Gasteiger partial charge in [0.05, 0.1) is 5.69 Å². The normalized spacial score (nSPS) is 11.8. The standard InChI is InChI=1S/C14H15FN2O2S/c1-17(10-11-6-3-2-4-7-11)20(18,19)14-12(15)8-5-9-13(14)16/h2-9H,10,16H2,1H3. The fourth-order valence-corrected chi connectivity index (χ4v) is 3.19. The van der Waals surface area contributed by atoms with Crippen molar-refractivity contribution >= 4 is 15.7 Å². The number of nitrogens with zero attached hydrogens (tertiary/aromatic N) is 1. The van der Waals surface area contributed by atoms with Crippen molar-refractivity contribution in [2.75, 3.05) is 12.8 Å². The molecule has 0 heterocycles. The van der Waals surface area contributed by atoms with Gasteiger partial charge in [0.2, 0.25) is 10.0 Å². The number of hydrogen-bond acceptors (Lipinski definition) is 3. The molecule has 0 fully saturated rings. The van der Waals surface area contributed by atoms with Crippen LogP contribution in [0.3, 0.4) is 0 Å². The van der Waals surface area contributed by atoms with E-state index in [1.165, 1.54) is 19.2 Å². The Bertz CT molecular complexity index is 682. The van der Waals surface area contributed by atoms with Crippen LogP contribution in [0, 0.1) is 5.82 Å². The summed E-state index contributed by atoms with van der Waals surface area (Å²) >= 11 is 0. The summed E-state index contributed by atoms with van der Waals surface area (Å²) < 4.78 is 39.6. The zero-order chi connectivity index (χ0) is 14.8. The predicted molar refractivity (Wildman–Crippen MR) is 75.9 cm³/mol. The van der Waals surface area contributed by atoms with Gasteiger partial charge in [-0.3, -0.25) is 0 Å². The van der Waals surface area contributed by atoms with Crippen LogP contribution in [-0.4, -0.2) is 19.8 Å². The van der Waals surface area contributed by atoms with Crippen molar-refractivity contribution in [2.45, 2.75) is 11.4 Å². The fraction of sp³-hybridized carbons (Fsp3) is 0.143. The van der Waals surface area contributed by atoms with Gasteiger partial charge in [0, 0.05) is 13.6 Å². The molecule has 6 heteroatoms. The topological polar surface area (TPSA) is 63.4 Å². The van der Waals surface area contributed by atoms with Crippen molar-refractivity contribution in [3.05, 3.63) is 59.9 Å². The van der Waals surface area contributed by atoms with Crippen molar-refractivity contribution < 1.29 is 12.8 Å². The van der Waals surface area contributed by atoms with E-state index >= 15 is 0 Å². The number of anilines is 1. The summed E-state index contributed by atoms with van der Waals surface area (Å²) in [5.41, 5.74) is 6.31. The molecule has 4 nitrogen and oxygen atoms in total. The summed E-state index contributed by atoms with van der Waals surface area (Å²) in [6, 6.07) is 12.9. The molecular formula is C14H15FN2O2S. The van der Waals surface area contributed by atoms with Gasteiger partial charge in [-0.15, -0.1) is 0 Å². The molecule has 2 aromatic rings. The molecule has 0 bridgehead atoms. The van der Waals surface area contributed by atoms with Crippen LogP contribution >= 0.6 is 0 Å². The Morgan fingerprint density at radius 3 is 2.35 bits per heavy atom. The second-order valence-electron chi connectivity index (χ2n) is 4.40. The summed E-state index contributed by atoms with van der Waals surface area (Å²) in [6.07, 6.45) is 0. The largest absolute Gasteiger partial charge is 0.398 e. The number of nitrogens with two attached hydrogens (primary N) is 1. The van der Waals surface area contributed by atoms with Gasteiger partial charge < -0.3 is 5.73 Å². The maximum absolute atomic E-state index is 13.8. The first-order valence-electron chi connectivity index (χ1n) is 5.97. The zero-order valence-electron chi connectivity index (χ0n) is 11.0. The number of halogens is 1. The van der Waals surface area contributed by atoms with Gasteiger partial charge >= 0.3 is 0 Å². The highest BCUT2D eigenvalue weighted by Gasteiger charge is 2.26. The monoisotopic (exact) mass is 294 g/mol. The van der Waals surface area contributed by atoms with E-state index in [1.807, 2.05) is 18.2 Å². The minimum absolute atomic E-state index is 0.0927. The second kappa shape index (κ2) is 5.60. The molecule has 0 aromatic heterocycles. The van der Waals surface area contributed by atoms with E-state index in [9.17, 15) is 12.8 Å². The van der Waals surface area contributed by atoms with E-state index in [-0.39, 0.29) is 12.2 Å². The summed E-state index contributed by atoms with van der Waals surface area (Å²) in [7, 11) is -2.57. The molecule has 0 aliphatic rings. The molecule has 2 aromatic carbocycles. The van der Waals surface area contributed by atoms with Crippen LogP contribution < -0.4 is 5.73 Å². The summed E-state index contributed by atoms with van der Waals surface area (Å²) in [5, 5.41) is 0. The van der Waals surface area contributed by atoms with Gasteiger partial charge in [0.15, 0.2) is 0 Å². The average molecular weight is 294 g/mol. The maximum Gasteiger partial charge on any atom is 0.248 e. The highest BCUT2D eigenvalue weighted by atomic mass is 32.2. The second-order valence-corrected chi connectivity index (χ2v) is 6.39. The lowest BCUT2D eigenvalue weighted by Crippen LogP contribution is -2.28. The minimum atomic E-state index is -3.97. The summed E-state index contributed by atoms with van der Waals surface area (Å²) in [5.74, 6) is -0.843. The van der Waals surface area contributed by atoms with E-state index in [0.717, 1.165) is 15.9 Å². The SMILES string of the molecule is CN(Cc1ccccc1)S(=O)(=O)c1c(N)cccc1F. The molecule has 0 radical (unpaired) electrons. The van der Waals surface area contributed by atoms with E-state index in [4.69, 9.17) is 5.73 Å². The van der Waals surface area contributed by atoms with Gasteiger partial charge in [-0.2, -0.15) is 4.31 Å².